The first-order chi connectivity index (χ1) is 3.85. The SMILES string of the molecule is CON(CCO)OC. The molecule has 0 aliphatic rings. The summed E-state index contributed by atoms with van der Waals surface area (Å²) >= 11 is 0. The van der Waals surface area contributed by atoms with Crippen molar-refractivity contribution in [3.63, 3.8) is 0 Å². The number of rotatable bonds is 4. The van der Waals surface area contributed by atoms with Gasteiger partial charge >= 0.3 is 0 Å². The maximum absolute atomic E-state index is 8.30. The second-order valence-corrected chi connectivity index (χ2v) is 1.15. The van der Waals surface area contributed by atoms with E-state index in [1.54, 1.807) is 0 Å². The Bertz CT molecular complexity index is 46.5. The van der Waals surface area contributed by atoms with Crippen LogP contribution in [0.5, 0.6) is 0 Å². The van der Waals surface area contributed by atoms with Gasteiger partial charge in [-0.25, -0.2) is 0 Å². The molecule has 0 atom stereocenters. The number of aliphatic hydroxyl groups is 1. The smallest absolute Gasteiger partial charge is 0.0748 e. The van der Waals surface area contributed by atoms with Gasteiger partial charge in [0.25, 0.3) is 0 Å². The molecule has 0 saturated heterocycles. The molecule has 0 amide bonds. The summed E-state index contributed by atoms with van der Waals surface area (Å²) in [5.74, 6) is 0. The van der Waals surface area contributed by atoms with Gasteiger partial charge in [-0.2, -0.15) is 0 Å². The topological polar surface area (TPSA) is 41.9 Å². The van der Waals surface area contributed by atoms with E-state index in [9.17, 15) is 0 Å². The van der Waals surface area contributed by atoms with Gasteiger partial charge in [0.05, 0.1) is 27.4 Å². The predicted octanol–water partition coefficient (Wildman–Crippen LogP) is -0.597. The third-order valence-corrected chi connectivity index (χ3v) is 0.690. The molecule has 0 aromatic carbocycles. The monoisotopic (exact) mass is 121 g/mol. The van der Waals surface area contributed by atoms with Crippen LogP contribution in [0.25, 0.3) is 0 Å². The molecule has 0 aliphatic heterocycles. The van der Waals surface area contributed by atoms with Crippen LogP contribution in [0.15, 0.2) is 0 Å². The maximum atomic E-state index is 8.30. The molecule has 0 spiro atoms. The zero-order valence-corrected chi connectivity index (χ0v) is 5.13. The summed E-state index contributed by atoms with van der Waals surface area (Å²) in [7, 11) is 2.94. The van der Waals surface area contributed by atoms with E-state index in [1.807, 2.05) is 0 Å². The van der Waals surface area contributed by atoms with Crippen molar-refractivity contribution in [3.8, 4) is 0 Å². The molecule has 0 fully saturated rings. The lowest BCUT2D eigenvalue weighted by atomic mass is 10.7. The Morgan fingerprint density at radius 2 is 1.88 bits per heavy atom. The molecule has 8 heavy (non-hydrogen) atoms. The number of aliphatic hydroxyl groups excluding tert-OH is 1. The molecule has 0 radical (unpaired) electrons. The van der Waals surface area contributed by atoms with Crippen molar-refractivity contribution >= 4 is 0 Å². The van der Waals surface area contributed by atoms with E-state index in [2.05, 4.69) is 9.68 Å². The largest absolute Gasteiger partial charge is 0.395 e. The van der Waals surface area contributed by atoms with E-state index < -0.39 is 0 Å². The highest BCUT2D eigenvalue weighted by Crippen LogP contribution is 1.83. The van der Waals surface area contributed by atoms with E-state index in [-0.39, 0.29) is 6.61 Å². The third-order valence-electron chi connectivity index (χ3n) is 0.690. The van der Waals surface area contributed by atoms with Crippen molar-refractivity contribution in [3.05, 3.63) is 0 Å². The first kappa shape index (κ1) is 7.84. The summed E-state index contributed by atoms with van der Waals surface area (Å²) in [6.07, 6.45) is 0. The third kappa shape index (κ3) is 2.92. The summed E-state index contributed by atoms with van der Waals surface area (Å²) < 4.78 is 0. The molecule has 0 heterocycles. The van der Waals surface area contributed by atoms with Crippen LogP contribution in [0.3, 0.4) is 0 Å². The van der Waals surface area contributed by atoms with Crippen molar-refractivity contribution < 1.29 is 14.8 Å². The van der Waals surface area contributed by atoms with Crippen LogP contribution in [-0.2, 0) is 9.68 Å². The summed E-state index contributed by atoms with van der Waals surface area (Å²) in [6.45, 7) is 0.397. The van der Waals surface area contributed by atoms with Gasteiger partial charge in [0.15, 0.2) is 0 Å². The molecule has 0 aliphatic carbocycles. The maximum Gasteiger partial charge on any atom is 0.0748 e. The second-order valence-electron chi connectivity index (χ2n) is 1.15. The minimum Gasteiger partial charge on any atom is -0.395 e. The van der Waals surface area contributed by atoms with Crippen molar-refractivity contribution in [1.29, 1.82) is 0 Å². The minimum absolute atomic E-state index is 0.0294. The number of hydrogen-bond donors (Lipinski definition) is 1. The molecule has 0 bridgehead atoms. The summed E-state index contributed by atoms with van der Waals surface area (Å²) in [6, 6.07) is 0. The molecule has 0 aromatic rings. The van der Waals surface area contributed by atoms with Crippen LogP contribution in [0.4, 0.5) is 0 Å². The van der Waals surface area contributed by atoms with Crippen LogP contribution >= 0.6 is 0 Å². The molecule has 4 heteroatoms. The Balaban J connectivity index is 3.07. The van der Waals surface area contributed by atoms with Crippen LogP contribution in [0, 0.1) is 0 Å². The lowest BCUT2D eigenvalue weighted by Crippen LogP contribution is -2.24. The lowest BCUT2D eigenvalue weighted by molar-refractivity contribution is -0.344. The first-order valence-electron chi connectivity index (χ1n) is 2.31. The average molecular weight is 121 g/mol. The predicted molar refractivity (Wildman–Crippen MR) is 27.8 cm³/mol. The Morgan fingerprint density at radius 1 is 1.38 bits per heavy atom. The van der Waals surface area contributed by atoms with Crippen molar-refractivity contribution in [2.45, 2.75) is 0 Å². The van der Waals surface area contributed by atoms with Gasteiger partial charge in [0.1, 0.15) is 0 Å². The average Bonchev–Trinajstić information content (AvgIpc) is 1.83. The van der Waals surface area contributed by atoms with Gasteiger partial charge in [0, 0.05) is 0 Å². The highest BCUT2D eigenvalue weighted by Gasteiger charge is 1.95. The van der Waals surface area contributed by atoms with Gasteiger partial charge in [-0.3, -0.25) is 9.68 Å². The van der Waals surface area contributed by atoms with Crippen LogP contribution in [0.1, 0.15) is 0 Å². The molecular formula is C4H11NO3. The van der Waals surface area contributed by atoms with Gasteiger partial charge < -0.3 is 5.11 Å². The fraction of sp³-hybridized carbons (Fsp3) is 1.00. The molecule has 0 aromatic heterocycles. The van der Waals surface area contributed by atoms with Crippen molar-refractivity contribution in [2.24, 2.45) is 0 Å². The minimum atomic E-state index is 0.0294. The molecule has 1 N–H and O–H groups in total. The van der Waals surface area contributed by atoms with E-state index in [0.717, 1.165) is 0 Å². The second kappa shape index (κ2) is 4.99. The van der Waals surface area contributed by atoms with Crippen molar-refractivity contribution in [2.75, 3.05) is 27.4 Å². The summed E-state index contributed by atoms with van der Waals surface area (Å²) in [5, 5.41) is 9.48. The van der Waals surface area contributed by atoms with Crippen LogP contribution < -0.4 is 0 Å². The normalized spacial score (nSPS) is 10.5. The van der Waals surface area contributed by atoms with Gasteiger partial charge in [-0.1, -0.05) is 5.23 Å². The van der Waals surface area contributed by atoms with E-state index in [0.29, 0.717) is 6.54 Å². The summed E-state index contributed by atoms with van der Waals surface area (Å²) in [5.41, 5.74) is 0. The van der Waals surface area contributed by atoms with E-state index in [1.165, 1.54) is 19.4 Å². The fourth-order valence-electron chi connectivity index (χ4n) is 0.339. The Labute approximate surface area is 48.5 Å². The van der Waals surface area contributed by atoms with Crippen molar-refractivity contribution in [1.82, 2.24) is 5.23 Å². The van der Waals surface area contributed by atoms with E-state index >= 15 is 0 Å². The molecular weight excluding hydrogens is 110 g/mol. The Kier molecular flexibility index (Phi) is 4.89. The molecule has 4 nitrogen and oxygen atoms in total. The standard InChI is InChI=1S/C4H11NO3/c1-7-5(8-2)3-4-6/h6H,3-4H2,1-2H3. The molecule has 0 unspecified atom stereocenters. The first-order valence-corrected chi connectivity index (χ1v) is 2.31. The Hall–Kier alpha value is -0.160. The Morgan fingerprint density at radius 3 is 2.00 bits per heavy atom. The zero-order valence-electron chi connectivity index (χ0n) is 5.13. The quantitative estimate of drug-likeness (QED) is 0.504. The zero-order chi connectivity index (χ0) is 6.41. The van der Waals surface area contributed by atoms with Crippen LogP contribution in [0.2, 0.25) is 0 Å². The summed E-state index contributed by atoms with van der Waals surface area (Å²) in [4.78, 5) is 9.18. The van der Waals surface area contributed by atoms with Gasteiger partial charge in [-0.05, 0) is 0 Å². The van der Waals surface area contributed by atoms with Gasteiger partial charge in [0.2, 0.25) is 0 Å². The highest BCUT2D eigenvalue weighted by molar-refractivity contribution is 4.23. The van der Waals surface area contributed by atoms with E-state index in [4.69, 9.17) is 5.11 Å². The fourth-order valence-corrected chi connectivity index (χ4v) is 0.339. The number of hydroxylamine groups is 2. The lowest BCUT2D eigenvalue weighted by Gasteiger charge is -2.13. The van der Waals surface area contributed by atoms with Crippen LogP contribution in [-0.4, -0.2) is 37.7 Å². The number of hydrogen-bond acceptors (Lipinski definition) is 4. The number of nitrogens with zero attached hydrogens (tertiary/aromatic N) is 1. The molecule has 0 saturated carbocycles. The van der Waals surface area contributed by atoms with Gasteiger partial charge in [-0.15, -0.1) is 0 Å². The molecule has 0 rings (SSSR count). The highest BCUT2D eigenvalue weighted by atomic mass is 16.9. The molecule has 50 valence electrons.